The third kappa shape index (κ3) is 4.09. The van der Waals surface area contributed by atoms with E-state index in [4.69, 9.17) is 4.99 Å². The lowest BCUT2D eigenvalue weighted by molar-refractivity contribution is 0.149. The number of alkyl halides is 1. The van der Waals surface area contributed by atoms with Crippen LogP contribution >= 0.6 is 0 Å². The van der Waals surface area contributed by atoms with Crippen LogP contribution < -0.4 is 4.90 Å². The zero-order valence-electron chi connectivity index (χ0n) is 19.1. The Kier molecular flexibility index (Phi) is 5.27. The number of allylic oxidation sites excluding steroid dienone is 1. The van der Waals surface area contributed by atoms with Gasteiger partial charge in [-0.05, 0) is 81.9 Å². The van der Waals surface area contributed by atoms with E-state index in [0.29, 0.717) is 18.9 Å². The maximum absolute atomic E-state index is 14.1. The summed E-state index contributed by atoms with van der Waals surface area (Å²) in [6, 6.07) is 9.56. The van der Waals surface area contributed by atoms with E-state index in [2.05, 4.69) is 59.7 Å². The molecule has 2 fully saturated rings. The van der Waals surface area contributed by atoms with Crippen LogP contribution in [0.4, 0.5) is 15.8 Å². The van der Waals surface area contributed by atoms with Gasteiger partial charge in [0.2, 0.25) is 0 Å². The monoisotopic (exact) mass is 419 g/mol. The Morgan fingerprint density at radius 3 is 2.55 bits per heavy atom. The fourth-order valence-electron chi connectivity index (χ4n) is 5.60. The van der Waals surface area contributed by atoms with Crippen molar-refractivity contribution in [2.75, 3.05) is 18.0 Å². The molecule has 3 aliphatic rings. The first kappa shape index (κ1) is 20.5. The molecule has 4 heteroatoms. The Bertz CT molecular complexity index is 1030. The Morgan fingerprint density at radius 1 is 1.06 bits per heavy atom. The minimum absolute atomic E-state index is 0.598. The van der Waals surface area contributed by atoms with Gasteiger partial charge in [0.05, 0.1) is 5.69 Å². The molecule has 3 heterocycles. The summed E-state index contributed by atoms with van der Waals surface area (Å²) < 4.78 is 16.7. The summed E-state index contributed by atoms with van der Waals surface area (Å²) in [7, 11) is 0. The van der Waals surface area contributed by atoms with Crippen molar-refractivity contribution in [3.63, 3.8) is 0 Å². The maximum Gasteiger partial charge on any atom is 0.111 e. The Morgan fingerprint density at radius 2 is 1.81 bits per heavy atom. The van der Waals surface area contributed by atoms with E-state index in [-0.39, 0.29) is 0 Å². The van der Waals surface area contributed by atoms with Crippen molar-refractivity contribution in [2.45, 2.75) is 77.4 Å². The van der Waals surface area contributed by atoms with Gasteiger partial charge in [0.1, 0.15) is 5.67 Å². The van der Waals surface area contributed by atoms with Crippen molar-refractivity contribution in [3.05, 3.63) is 52.9 Å². The van der Waals surface area contributed by atoms with Gasteiger partial charge in [0.25, 0.3) is 0 Å². The van der Waals surface area contributed by atoms with Crippen molar-refractivity contribution >= 4 is 23.2 Å². The zero-order valence-corrected chi connectivity index (χ0v) is 19.1. The predicted octanol–water partition coefficient (Wildman–Crippen LogP) is 6.89. The highest BCUT2D eigenvalue weighted by Crippen LogP contribution is 2.36. The van der Waals surface area contributed by atoms with E-state index < -0.39 is 5.67 Å². The first-order valence-corrected chi connectivity index (χ1v) is 11.9. The molecule has 0 spiro atoms. The number of hydrogen-bond acceptors (Lipinski definition) is 2. The van der Waals surface area contributed by atoms with Gasteiger partial charge in [-0.25, -0.2) is 4.39 Å². The van der Waals surface area contributed by atoms with Crippen molar-refractivity contribution in [3.8, 4) is 0 Å². The van der Waals surface area contributed by atoms with E-state index in [9.17, 15) is 4.39 Å². The van der Waals surface area contributed by atoms with Crippen molar-refractivity contribution in [1.29, 1.82) is 0 Å². The number of aryl methyl sites for hydroxylation is 1. The third-order valence-electron chi connectivity index (χ3n) is 7.54. The van der Waals surface area contributed by atoms with Gasteiger partial charge in [-0.2, -0.15) is 0 Å². The molecular formula is C27H34FN3. The Labute approximate surface area is 185 Å². The molecule has 1 saturated heterocycles. The standard InChI is InChI=1S/C27H34FN3/c1-19-16-21(20(2)31(19)24-6-4-5-7-24)8-10-23-17-22-9-11-25(18-26(22)29-23)30-14-12-27(3,28)13-15-30/h8-11,16,18,24H,4-7,12-15,17H2,1-3H3/b10-8+. The number of aliphatic imine (C=N–C) groups is 1. The molecule has 164 valence electrons. The molecule has 0 radical (unpaired) electrons. The van der Waals surface area contributed by atoms with E-state index in [1.165, 1.54) is 53.9 Å². The summed E-state index contributed by atoms with van der Waals surface area (Å²) >= 11 is 0. The van der Waals surface area contributed by atoms with Gasteiger partial charge >= 0.3 is 0 Å². The fourth-order valence-corrected chi connectivity index (χ4v) is 5.60. The lowest BCUT2D eigenvalue weighted by Crippen LogP contribution is -2.40. The van der Waals surface area contributed by atoms with Crippen LogP contribution in [0.3, 0.4) is 0 Å². The SMILES string of the molecule is Cc1cc(/C=C/C2=Nc3cc(N4CCC(C)(F)CC4)ccc3C2)c(C)n1C1CCCC1. The van der Waals surface area contributed by atoms with E-state index in [1.54, 1.807) is 6.92 Å². The van der Waals surface area contributed by atoms with Crippen LogP contribution in [0.15, 0.2) is 35.3 Å². The summed E-state index contributed by atoms with van der Waals surface area (Å²) in [6.07, 6.45) is 11.8. The van der Waals surface area contributed by atoms with Crippen molar-refractivity contribution in [2.24, 2.45) is 4.99 Å². The van der Waals surface area contributed by atoms with E-state index in [1.807, 2.05) is 0 Å². The molecule has 0 amide bonds. The minimum Gasteiger partial charge on any atom is -0.371 e. The quantitative estimate of drug-likeness (QED) is 0.528. The topological polar surface area (TPSA) is 20.5 Å². The van der Waals surface area contributed by atoms with E-state index in [0.717, 1.165) is 30.9 Å². The molecule has 0 bridgehead atoms. The summed E-state index contributed by atoms with van der Waals surface area (Å²) in [6.45, 7) is 7.77. The average Bonchev–Trinajstić information content (AvgIpc) is 3.45. The van der Waals surface area contributed by atoms with Gasteiger partial charge in [-0.3, -0.25) is 4.99 Å². The average molecular weight is 420 g/mol. The van der Waals surface area contributed by atoms with Crippen LogP contribution in [0, 0.1) is 13.8 Å². The molecule has 1 aliphatic carbocycles. The molecular weight excluding hydrogens is 385 g/mol. The number of fused-ring (bicyclic) bond motifs is 1. The minimum atomic E-state index is -1.02. The molecule has 31 heavy (non-hydrogen) atoms. The lowest BCUT2D eigenvalue weighted by atomic mass is 9.95. The van der Waals surface area contributed by atoms with Gasteiger partial charge < -0.3 is 9.47 Å². The smallest absolute Gasteiger partial charge is 0.111 e. The lowest BCUT2D eigenvalue weighted by Gasteiger charge is -2.35. The molecule has 0 atom stereocenters. The zero-order chi connectivity index (χ0) is 21.6. The van der Waals surface area contributed by atoms with Crippen LogP contribution in [0.2, 0.25) is 0 Å². The molecule has 0 unspecified atom stereocenters. The van der Waals surface area contributed by atoms with Crippen molar-refractivity contribution in [1.82, 2.24) is 4.57 Å². The number of nitrogens with zero attached hydrogens (tertiary/aromatic N) is 3. The molecule has 0 N–H and O–H groups in total. The number of rotatable bonds is 4. The second-order valence-corrected chi connectivity index (χ2v) is 9.96. The first-order valence-electron chi connectivity index (χ1n) is 11.9. The second kappa shape index (κ2) is 7.96. The highest BCUT2D eigenvalue weighted by Gasteiger charge is 2.30. The number of piperidine rings is 1. The van der Waals surface area contributed by atoms with Gasteiger partial charge in [0.15, 0.2) is 0 Å². The summed E-state index contributed by atoms with van der Waals surface area (Å²) in [5, 5.41) is 0. The van der Waals surface area contributed by atoms with Gasteiger partial charge in [-0.15, -0.1) is 0 Å². The highest BCUT2D eigenvalue weighted by atomic mass is 19.1. The molecule has 1 saturated carbocycles. The number of aromatic nitrogens is 1. The maximum atomic E-state index is 14.1. The number of hydrogen-bond donors (Lipinski definition) is 0. The van der Waals surface area contributed by atoms with Crippen LogP contribution in [0.1, 0.15) is 74.0 Å². The predicted molar refractivity (Wildman–Crippen MR) is 129 cm³/mol. The largest absolute Gasteiger partial charge is 0.371 e. The molecule has 5 rings (SSSR count). The van der Waals surface area contributed by atoms with Crippen LogP contribution in [0.5, 0.6) is 0 Å². The molecule has 2 aromatic rings. The fraction of sp³-hybridized carbons (Fsp3) is 0.519. The summed E-state index contributed by atoms with van der Waals surface area (Å²) in [5.74, 6) is 0. The molecule has 2 aliphatic heterocycles. The first-order chi connectivity index (χ1) is 14.9. The normalized spacial score (nSPS) is 21.2. The second-order valence-electron chi connectivity index (χ2n) is 9.96. The van der Waals surface area contributed by atoms with E-state index >= 15 is 0 Å². The van der Waals surface area contributed by atoms with Crippen molar-refractivity contribution < 1.29 is 4.39 Å². The molecule has 1 aromatic carbocycles. The summed E-state index contributed by atoms with van der Waals surface area (Å²) in [5.41, 5.74) is 7.69. The van der Waals surface area contributed by atoms with Crippen LogP contribution in [-0.4, -0.2) is 29.0 Å². The Balaban J connectivity index is 1.31. The molecule has 3 nitrogen and oxygen atoms in total. The van der Waals surface area contributed by atoms with Crippen LogP contribution in [-0.2, 0) is 6.42 Å². The number of benzene rings is 1. The number of anilines is 1. The Hall–Kier alpha value is -2.36. The van der Waals surface area contributed by atoms with Gasteiger partial charge in [0, 0.05) is 48.3 Å². The molecule has 1 aromatic heterocycles. The van der Waals surface area contributed by atoms with Crippen LogP contribution in [0.25, 0.3) is 6.08 Å². The number of halogens is 1. The van der Waals surface area contributed by atoms with Gasteiger partial charge in [-0.1, -0.05) is 25.0 Å². The summed E-state index contributed by atoms with van der Waals surface area (Å²) in [4.78, 5) is 7.20. The third-order valence-corrected chi connectivity index (χ3v) is 7.54. The highest BCUT2D eigenvalue weighted by molar-refractivity contribution is 6.04.